The van der Waals surface area contributed by atoms with Crippen molar-refractivity contribution in [2.75, 3.05) is 6.54 Å². The fourth-order valence-electron chi connectivity index (χ4n) is 4.53. The second kappa shape index (κ2) is 6.58. The van der Waals surface area contributed by atoms with Crippen LogP contribution in [-0.4, -0.2) is 23.4 Å². The maximum atomic E-state index is 12.8. The first-order valence-corrected chi connectivity index (χ1v) is 9.50. The Morgan fingerprint density at radius 3 is 2.54 bits per heavy atom. The zero-order valence-electron chi connectivity index (χ0n) is 14.6. The van der Waals surface area contributed by atoms with Gasteiger partial charge in [0.05, 0.1) is 0 Å². The number of rotatable bonds is 3. The molecule has 1 aliphatic heterocycles. The number of carbonyl (C=O) groups is 1. The smallest absolute Gasteiger partial charge is 0.226 e. The third-order valence-electron chi connectivity index (χ3n) is 5.91. The van der Waals surface area contributed by atoms with Gasteiger partial charge < -0.3 is 4.90 Å². The molecule has 0 radical (unpaired) electrons. The minimum absolute atomic E-state index is 0.190. The van der Waals surface area contributed by atoms with Crippen LogP contribution in [0, 0.1) is 12.8 Å². The van der Waals surface area contributed by atoms with Crippen LogP contribution < -0.4 is 0 Å². The summed E-state index contributed by atoms with van der Waals surface area (Å²) in [6.45, 7) is 3.10. The molecule has 0 spiro atoms. The Morgan fingerprint density at radius 1 is 0.958 bits per heavy atom. The molecule has 126 valence electrons. The van der Waals surface area contributed by atoms with Gasteiger partial charge >= 0.3 is 0 Å². The number of fused-ring (bicyclic) bond motifs is 1. The summed E-state index contributed by atoms with van der Waals surface area (Å²) in [6.07, 6.45) is 8.29. The van der Waals surface area contributed by atoms with Crippen LogP contribution in [0.3, 0.4) is 0 Å². The molecule has 1 saturated heterocycles. The van der Waals surface area contributed by atoms with E-state index in [4.69, 9.17) is 0 Å². The van der Waals surface area contributed by atoms with Gasteiger partial charge in [-0.3, -0.25) is 4.79 Å². The molecule has 24 heavy (non-hydrogen) atoms. The quantitative estimate of drug-likeness (QED) is 0.789. The molecule has 2 heteroatoms. The number of hydrogen-bond acceptors (Lipinski definition) is 1. The first kappa shape index (κ1) is 15.7. The number of likely N-dealkylation sites (tertiary alicyclic amines) is 1. The molecule has 1 aliphatic carbocycles. The highest BCUT2D eigenvalue weighted by molar-refractivity contribution is 5.84. The Bertz CT molecular complexity index is 745. The Kier molecular flexibility index (Phi) is 4.30. The summed E-state index contributed by atoms with van der Waals surface area (Å²) in [5.74, 6) is 0.598. The molecule has 1 unspecified atom stereocenters. The number of carbonyl (C=O) groups excluding carboxylic acids is 1. The molecule has 0 aromatic heterocycles. The van der Waals surface area contributed by atoms with E-state index in [1.54, 1.807) is 0 Å². The highest BCUT2D eigenvalue weighted by atomic mass is 16.2. The predicted octanol–water partition coefficient (Wildman–Crippen LogP) is 4.87. The van der Waals surface area contributed by atoms with Gasteiger partial charge in [0, 0.05) is 18.5 Å². The fraction of sp³-hybridized carbons (Fsp3) is 0.500. The number of amides is 1. The van der Waals surface area contributed by atoms with Crippen LogP contribution in [0.25, 0.3) is 10.8 Å². The lowest BCUT2D eigenvalue weighted by Gasteiger charge is -2.31. The molecule has 2 nitrogen and oxygen atoms in total. The maximum absolute atomic E-state index is 12.8. The third-order valence-corrected chi connectivity index (χ3v) is 5.91. The minimum atomic E-state index is 0.190. The SMILES string of the molecule is Cc1ccc2cc(CC3CCN(C4CCCCC4)C3=O)ccc2c1. The molecular weight excluding hydrogens is 294 g/mol. The van der Waals surface area contributed by atoms with Crippen molar-refractivity contribution in [3.63, 3.8) is 0 Å². The van der Waals surface area contributed by atoms with Crippen molar-refractivity contribution in [3.8, 4) is 0 Å². The number of benzene rings is 2. The van der Waals surface area contributed by atoms with Crippen LogP contribution >= 0.6 is 0 Å². The number of hydrogen-bond donors (Lipinski definition) is 0. The van der Waals surface area contributed by atoms with E-state index in [0.29, 0.717) is 11.9 Å². The third kappa shape index (κ3) is 3.07. The predicted molar refractivity (Wildman–Crippen MR) is 99.1 cm³/mol. The lowest BCUT2D eigenvalue weighted by molar-refractivity contribution is -0.133. The van der Waals surface area contributed by atoms with E-state index < -0.39 is 0 Å². The Hall–Kier alpha value is -1.83. The second-order valence-corrected chi connectivity index (χ2v) is 7.70. The van der Waals surface area contributed by atoms with E-state index in [2.05, 4.69) is 48.2 Å². The van der Waals surface area contributed by atoms with E-state index >= 15 is 0 Å². The largest absolute Gasteiger partial charge is 0.339 e. The van der Waals surface area contributed by atoms with Crippen molar-refractivity contribution in [2.24, 2.45) is 5.92 Å². The van der Waals surface area contributed by atoms with Gasteiger partial charge in [-0.2, -0.15) is 0 Å². The van der Waals surface area contributed by atoms with E-state index in [9.17, 15) is 4.79 Å². The van der Waals surface area contributed by atoms with Crippen molar-refractivity contribution in [1.82, 2.24) is 4.90 Å². The first-order chi connectivity index (χ1) is 11.7. The topological polar surface area (TPSA) is 20.3 Å². The molecule has 0 bridgehead atoms. The lowest BCUT2D eigenvalue weighted by atomic mass is 9.93. The van der Waals surface area contributed by atoms with Crippen LogP contribution in [0.5, 0.6) is 0 Å². The molecule has 2 fully saturated rings. The Balaban J connectivity index is 1.47. The van der Waals surface area contributed by atoms with Crippen LogP contribution in [0.1, 0.15) is 49.7 Å². The molecule has 2 aromatic rings. The molecule has 1 amide bonds. The van der Waals surface area contributed by atoms with Crippen LogP contribution in [0.4, 0.5) is 0 Å². The van der Waals surface area contributed by atoms with E-state index in [1.165, 1.54) is 54.0 Å². The van der Waals surface area contributed by atoms with E-state index in [-0.39, 0.29) is 5.92 Å². The van der Waals surface area contributed by atoms with Crippen LogP contribution in [-0.2, 0) is 11.2 Å². The average Bonchev–Trinajstić information content (AvgIpc) is 2.96. The van der Waals surface area contributed by atoms with Crippen LogP contribution in [0.15, 0.2) is 36.4 Å². The molecular formula is C22H27NO. The van der Waals surface area contributed by atoms with Crippen molar-refractivity contribution in [3.05, 3.63) is 47.5 Å². The number of nitrogens with zero attached hydrogens (tertiary/aromatic N) is 1. The molecule has 4 rings (SSSR count). The highest BCUT2D eigenvalue weighted by Crippen LogP contribution is 2.30. The summed E-state index contributed by atoms with van der Waals surface area (Å²) in [4.78, 5) is 15.0. The van der Waals surface area contributed by atoms with Gasteiger partial charge in [0.1, 0.15) is 0 Å². The van der Waals surface area contributed by atoms with E-state index in [0.717, 1.165) is 19.4 Å². The highest BCUT2D eigenvalue weighted by Gasteiger charge is 2.35. The minimum Gasteiger partial charge on any atom is -0.339 e. The van der Waals surface area contributed by atoms with Crippen molar-refractivity contribution >= 4 is 16.7 Å². The molecule has 1 saturated carbocycles. The summed E-state index contributed by atoms with van der Waals surface area (Å²) >= 11 is 0. The average molecular weight is 321 g/mol. The van der Waals surface area contributed by atoms with Gasteiger partial charge in [-0.15, -0.1) is 0 Å². The summed E-state index contributed by atoms with van der Waals surface area (Å²) in [6, 6.07) is 13.8. The van der Waals surface area contributed by atoms with Gasteiger partial charge in [-0.1, -0.05) is 61.2 Å². The van der Waals surface area contributed by atoms with Crippen molar-refractivity contribution in [2.45, 2.75) is 57.9 Å². The zero-order valence-corrected chi connectivity index (χ0v) is 14.6. The van der Waals surface area contributed by atoms with Gasteiger partial charge in [0.25, 0.3) is 0 Å². The van der Waals surface area contributed by atoms with Gasteiger partial charge in [-0.05, 0) is 48.9 Å². The van der Waals surface area contributed by atoms with Gasteiger partial charge in [0.15, 0.2) is 0 Å². The van der Waals surface area contributed by atoms with Gasteiger partial charge in [0.2, 0.25) is 5.91 Å². The second-order valence-electron chi connectivity index (χ2n) is 7.70. The van der Waals surface area contributed by atoms with E-state index in [1.807, 2.05) is 0 Å². The van der Waals surface area contributed by atoms with Crippen molar-refractivity contribution < 1.29 is 4.79 Å². The van der Waals surface area contributed by atoms with Crippen LogP contribution in [0.2, 0.25) is 0 Å². The first-order valence-electron chi connectivity index (χ1n) is 9.50. The summed E-state index contributed by atoms with van der Waals surface area (Å²) < 4.78 is 0. The molecule has 0 N–H and O–H groups in total. The normalized spacial score (nSPS) is 22.5. The molecule has 2 aromatic carbocycles. The monoisotopic (exact) mass is 321 g/mol. The Morgan fingerprint density at radius 2 is 1.71 bits per heavy atom. The Labute approximate surface area is 144 Å². The number of aryl methyl sites for hydroxylation is 1. The molecule has 1 heterocycles. The molecule has 1 atom stereocenters. The standard InChI is InChI=1S/C22H27NO/c1-16-7-9-19-14-17(8-10-18(19)13-16)15-20-11-12-23(22(20)24)21-5-3-2-4-6-21/h7-10,13-14,20-21H,2-6,11-12,15H2,1H3. The summed E-state index contributed by atoms with van der Waals surface area (Å²) in [7, 11) is 0. The zero-order chi connectivity index (χ0) is 16.5. The maximum Gasteiger partial charge on any atom is 0.226 e. The summed E-state index contributed by atoms with van der Waals surface area (Å²) in [5, 5.41) is 2.58. The van der Waals surface area contributed by atoms with Gasteiger partial charge in [-0.25, -0.2) is 0 Å². The van der Waals surface area contributed by atoms with Crippen molar-refractivity contribution in [1.29, 1.82) is 0 Å². The fourth-order valence-corrected chi connectivity index (χ4v) is 4.53. The molecule has 2 aliphatic rings. The summed E-state index contributed by atoms with van der Waals surface area (Å²) in [5.41, 5.74) is 2.60. The lowest BCUT2D eigenvalue weighted by Crippen LogP contribution is -2.39.